The first kappa shape index (κ1) is 22.5. The second-order valence-electron chi connectivity index (χ2n) is 8.25. The molecule has 3 atom stereocenters. The van der Waals surface area contributed by atoms with Crippen LogP contribution in [0.15, 0.2) is 60.7 Å². The minimum atomic E-state index is -1.48. The number of rotatable bonds is 6. The number of imide groups is 2. The number of fused-ring (bicyclic) bond motifs is 2. The Morgan fingerprint density at radius 3 is 1.69 bits per heavy atom. The molecule has 3 aliphatic heterocycles. The Hall–Kier alpha value is -4.25. The lowest BCUT2D eigenvalue weighted by molar-refractivity contribution is -0.161. The zero-order chi connectivity index (χ0) is 25.2. The number of amides is 5. The predicted molar refractivity (Wildman–Crippen MR) is 122 cm³/mol. The van der Waals surface area contributed by atoms with Crippen molar-refractivity contribution in [3.05, 3.63) is 82.9 Å². The molecule has 1 N–H and O–H groups in total. The summed E-state index contributed by atoms with van der Waals surface area (Å²) in [4.78, 5) is 79.0. The quantitative estimate of drug-likeness (QED) is 0.280. The standard InChI is InChI=1S/C24H17N3O7S/c1-11(2)16(24(33)34)26-22(32)17(25-18(28)12-7-3-4-8-13(12)19(25)29)23(26)35-27-20(30)14-9-5-6-10-15(14)21(27)31/h3-10,16-17,23H,1H2,2H3,(H,33,34). The van der Waals surface area contributed by atoms with Crippen LogP contribution in [0.3, 0.4) is 0 Å². The molecule has 1 fully saturated rings. The fourth-order valence-electron chi connectivity index (χ4n) is 4.49. The van der Waals surface area contributed by atoms with Gasteiger partial charge in [0.25, 0.3) is 29.5 Å². The molecule has 1 saturated heterocycles. The van der Waals surface area contributed by atoms with E-state index in [0.29, 0.717) is 11.9 Å². The van der Waals surface area contributed by atoms with Gasteiger partial charge in [-0.05, 0) is 48.7 Å². The van der Waals surface area contributed by atoms with Gasteiger partial charge < -0.3 is 10.0 Å². The van der Waals surface area contributed by atoms with Crippen LogP contribution >= 0.6 is 11.9 Å². The van der Waals surface area contributed by atoms with Crippen LogP contribution in [0.5, 0.6) is 0 Å². The smallest absolute Gasteiger partial charge is 0.330 e. The van der Waals surface area contributed by atoms with E-state index in [0.717, 1.165) is 14.1 Å². The maximum atomic E-state index is 13.3. The summed E-state index contributed by atoms with van der Waals surface area (Å²) in [5.41, 5.74) is 0.675. The predicted octanol–water partition coefficient (Wildman–Crippen LogP) is 1.79. The van der Waals surface area contributed by atoms with E-state index in [1.807, 2.05) is 0 Å². The summed E-state index contributed by atoms with van der Waals surface area (Å²) >= 11 is 0.608. The van der Waals surface area contributed by atoms with Gasteiger partial charge in [-0.3, -0.25) is 28.9 Å². The van der Waals surface area contributed by atoms with Crippen molar-refractivity contribution in [1.82, 2.24) is 14.1 Å². The maximum Gasteiger partial charge on any atom is 0.330 e. The Labute approximate surface area is 202 Å². The van der Waals surface area contributed by atoms with Crippen LogP contribution in [-0.4, -0.2) is 72.2 Å². The number of likely N-dealkylation sites (tertiary alicyclic amines) is 1. The van der Waals surface area contributed by atoms with Gasteiger partial charge in [0.15, 0.2) is 12.1 Å². The number of hydrogen-bond acceptors (Lipinski definition) is 7. The highest BCUT2D eigenvalue weighted by molar-refractivity contribution is 7.98. The van der Waals surface area contributed by atoms with Crippen LogP contribution in [0.2, 0.25) is 0 Å². The first-order valence-corrected chi connectivity index (χ1v) is 11.3. The second-order valence-corrected chi connectivity index (χ2v) is 9.31. The topological polar surface area (TPSA) is 132 Å². The molecule has 2 aromatic rings. The van der Waals surface area contributed by atoms with Gasteiger partial charge in [0, 0.05) is 0 Å². The molecule has 5 amide bonds. The normalized spacial score (nSPS) is 21.7. The first-order valence-electron chi connectivity index (χ1n) is 10.5. The van der Waals surface area contributed by atoms with E-state index in [4.69, 9.17) is 0 Å². The monoisotopic (exact) mass is 491 g/mol. The number of carboxylic acid groups (broad SMARTS) is 1. The lowest BCUT2D eigenvalue weighted by atomic mass is 9.98. The molecule has 35 heavy (non-hydrogen) atoms. The number of carbonyl (C=O) groups excluding carboxylic acids is 5. The molecule has 3 unspecified atom stereocenters. The Bertz CT molecular complexity index is 1300. The van der Waals surface area contributed by atoms with E-state index in [9.17, 15) is 33.9 Å². The summed E-state index contributed by atoms with van der Waals surface area (Å²) in [5.74, 6) is -4.88. The highest BCUT2D eigenvalue weighted by Crippen LogP contribution is 2.43. The average Bonchev–Trinajstić information content (AvgIpc) is 3.22. The van der Waals surface area contributed by atoms with E-state index in [2.05, 4.69) is 6.58 Å². The van der Waals surface area contributed by atoms with E-state index < -0.39 is 53.0 Å². The SMILES string of the molecule is C=C(C)C(C(=O)O)N1C(=O)C(N2C(=O)c3ccccc3C2=O)C1SN1C(=O)c2ccccc2C1=O. The summed E-state index contributed by atoms with van der Waals surface area (Å²) in [5, 5.41) is 8.54. The van der Waals surface area contributed by atoms with Crippen molar-refractivity contribution < 1.29 is 33.9 Å². The van der Waals surface area contributed by atoms with E-state index in [-0.39, 0.29) is 27.8 Å². The largest absolute Gasteiger partial charge is 0.479 e. The number of hydrogen-bond donors (Lipinski definition) is 1. The molecule has 176 valence electrons. The second kappa shape index (κ2) is 7.91. The number of nitrogens with zero attached hydrogens (tertiary/aromatic N) is 3. The van der Waals surface area contributed by atoms with Gasteiger partial charge in [-0.25, -0.2) is 9.10 Å². The fourth-order valence-corrected chi connectivity index (χ4v) is 5.77. The molecule has 0 spiro atoms. The number of benzene rings is 2. The third-order valence-corrected chi connectivity index (χ3v) is 7.35. The van der Waals surface area contributed by atoms with Crippen LogP contribution in [0.25, 0.3) is 0 Å². The van der Waals surface area contributed by atoms with Gasteiger partial charge in [-0.15, -0.1) is 0 Å². The first-order chi connectivity index (χ1) is 16.6. The van der Waals surface area contributed by atoms with Crippen LogP contribution in [-0.2, 0) is 9.59 Å². The molecule has 0 aliphatic carbocycles. The third kappa shape index (κ3) is 3.12. The highest BCUT2D eigenvalue weighted by Gasteiger charge is 2.61. The molecule has 0 aromatic heterocycles. The van der Waals surface area contributed by atoms with Crippen LogP contribution in [0, 0.1) is 0 Å². The molecule has 2 aromatic carbocycles. The van der Waals surface area contributed by atoms with Crippen molar-refractivity contribution in [2.75, 3.05) is 0 Å². The van der Waals surface area contributed by atoms with Crippen molar-refractivity contribution in [2.45, 2.75) is 24.4 Å². The highest BCUT2D eigenvalue weighted by atomic mass is 32.2. The van der Waals surface area contributed by atoms with Gasteiger partial charge in [0.1, 0.15) is 5.37 Å². The zero-order valence-corrected chi connectivity index (χ0v) is 19.0. The number of β-lactam (4-membered cyclic amide) rings is 1. The zero-order valence-electron chi connectivity index (χ0n) is 18.2. The third-order valence-electron chi connectivity index (χ3n) is 6.10. The van der Waals surface area contributed by atoms with Crippen LogP contribution < -0.4 is 0 Å². The number of aliphatic carboxylic acids is 1. The van der Waals surface area contributed by atoms with Crippen LogP contribution in [0.1, 0.15) is 48.4 Å². The molecule has 0 radical (unpaired) electrons. The molecule has 0 bridgehead atoms. The molecule has 10 nitrogen and oxygen atoms in total. The van der Waals surface area contributed by atoms with E-state index in [1.165, 1.54) is 31.2 Å². The summed E-state index contributed by atoms with van der Waals surface area (Å²) in [6.07, 6.45) is 0. The van der Waals surface area contributed by atoms with Crippen molar-refractivity contribution in [3.8, 4) is 0 Å². The van der Waals surface area contributed by atoms with Gasteiger partial charge in [-0.1, -0.05) is 30.8 Å². The van der Waals surface area contributed by atoms with E-state index >= 15 is 0 Å². The molecular weight excluding hydrogens is 474 g/mol. The van der Waals surface area contributed by atoms with Gasteiger partial charge in [0.05, 0.1) is 22.3 Å². The Kier molecular flexibility index (Phi) is 5.09. The fraction of sp³-hybridized carbons (Fsp3) is 0.167. The molecule has 0 saturated carbocycles. The summed E-state index contributed by atoms with van der Waals surface area (Å²) < 4.78 is 0.831. The van der Waals surface area contributed by atoms with Crippen molar-refractivity contribution in [2.24, 2.45) is 0 Å². The molecule has 5 rings (SSSR count). The summed E-state index contributed by atoms with van der Waals surface area (Å²) in [6.45, 7) is 5.07. The lowest BCUT2D eigenvalue weighted by Gasteiger charge is -2.51. The number of carbonyl (C=O) groups is 6. The Morgan fingerprint density at radius 2 is 1.29 bits per heavy atom. The number of carboxylic acids is 1. The minimum absolute atomic E-state index is 0.114. The van der Waals surface area contributed by atoms with Crippen molar-refractivity contribution in [1.29, 1.82) is 0 Å². The van der Waals surface area contributed by atoms with Gasteiger partial charge >= 0.3 is 5.97 Å². The summed E-state index contributed by atoms with van der Waals surface area (Å²) in [7, 11) is 0. The molecule has 11 heteroatoms. The Balaban J connectivity index is 1.54. The lowest BCUT2D eigenvalue weighted by Crippen LogP contribution is -2.74. The average molecular weight is 491 g/mol. The van der Waals surface area contributed by atoms with Crippen LogP contribution in [0.4, 0.5) is 0 Å². The molecular formula is C24H17N3O7S. The van der Waals surface area contributed by atoms with Crippen molar-refractivity contribution in [3.63, 3.8) is 0 Å². The minimum Gasteiger partial charge on any atom is -0.479 e. The van der Waals surface area contributed by atoms with E-state index in [1.54, 1.807) is 24.3 Å². The van der Waals surface area contributed by atoms with Gasteiger partial charge in [-0.2, -0.15) is 0 Å². The maximum absolute atomic E-state index is 13.3. The molecule has 3 heterocycles. The van der Waals surface area contributed by atoms with Gasteiger partial charge in [0.2, 0.25) is 0 Å². The molecule has 3 aliphatic rings. The Morgan fingerprint density at radius 1 is 0.857 bits per heavy atom. The summed E-state index contributed by atoms with van der Waals surface area (Å²) in [6, 6.07) is 9.32. The van der Waals surface area contributed by atoms with Crippen molar-refractivity contribution >= 4 is 47.5 Å².